The quantitative estimate of drug-likeness (QED) is 0.488. The van der Waals surface area contributed by atoms with Gasteiger partial charge in [-0.15, -0.1) is 0 Å². The normalized spacial score (nSPS) is 17.3. The summed E-state index contributed by atoms with van der Waals surface area (Å²) in [5, 5.41) is 22.1. The number of carbonyl (C=O) groups is 2. The van der Waals surface area contributed by atoms with E-state index in [1.807, 2.05) is 18.2 Å². The Morgan fingerprint density at radius 3 is 1.88 bits per heavy atom. The molecule has 0 saturated carbocycles. The van der Waals surface area contributed by atoms with E-state index in [-0.39, 0.29) is 22.6 Å². The number of phenols is 2. The zero-order valence-corrected chi connectivity index (χ0v) is 13.2. The molecular formula is C21H14O4. The highest BCUT2D eigenvalue weighted by Crippen LogP contribution is 2.54. The highest BCUT2D eigenvalue weighted by atomic mass is 16.3. The fourth-order valence-electron chi connectivity index (χ4n) is 4.46. The summed E-state index contributed by atoms with van der Waals surface area (Å²) in [5.41, 5.74) is 0.269. The average Bonchev–Trinajstić information content (AvgIpc) is 3.13. The van der Waals surface area contributed by atoms with Gasteiger partial charge in [-0.05, 0) is 24.0 Å². The topological polar surface area (TPSA) is 74.6 Å². The van der Waals surface area contributed by atoms with Gasteiger partial charge in [-0.3, -0.25) is 9.59 Å². The van der Waals surface area contributed by atoms with Gasteiger partial charge in [-0.1, -0.05) is 48.5 Å². The lowest BCUT2D eigenvalue weighted by Gasteiger charge is -2.20. The van der Waals surface area contributed by atoms with Crippen molar-refractivity contribution in [1.29, 1.82) is 0 Å². The first-order chi connectivity index (χ1) is 12.1. The van der Waals surface area contributed by atoms with Crippen LogP contribution in [-0.4, -0.2) is 21.8 Å². The Morgan fingerprint density at radius 1 is 0.760 bits per heavy atom. The van der Waals surface area contributed by atoms with Crippen molar-refractivity contribution in [3.63, 3.8) is 0 Å². The molecule has 0 fully saturated rings. The molecule has 122 valence electrons. The maximum Gasteiger partial charge on any atom is 0.185 e. The number of fused-ring (bicyclic) bond motifs is 4. The second-order valence-electron chi connectivity index (χ2n) is 6.71. The summed E-state index contributed by atoms with van der Waals surface area (Å²) in [4.78, 5) is 26.6. The molecule has 0 radical (unpaired) electrons. The molecule has 0 heterocycles. The van der Waals surface area contributed by atoms with E-state index in [0.717, 1.165) is 5.56 Å². The van der Waals surface area contributed by atoms with Crippen LogP contribution in [0.25, 0.3) is 10.8 Å². The summed E-state index contributed by atoms with van der Waals surface area (Å²) in [5.74, 6) is -1.25. The van der Waals surface area contributed by atoms with Crippen LogP contribution in [0.15, 0.2) is 48.5 Å². The third-order valence-electron chi connectivity index (χ3n) is 5.64. The van der Waals surface area contributed by atoms with Gasteiger partial charge in [-0.25, -0.2) is 0 Å². The third-order valence-corrected chi connectivity index (χ3v) is 5.64. The summed E-state index contributed by atoms with van der Waals surface area (Å²) in [6, 6.07) is 14.1. The minimum atomic E-state index is -1.31. The van der Waals surface area contributed by atoms with Crippen molar-refractivity contribution in [3.05, 3.63) is 70.8 Å². The van der Waals surface area contributed by atoms with Gasteiger partial charge < -0.3 is 10.2 Å². The number of hydrogen-bond donors (Lipinski definition) is 2. The summed E-state index contributed by atoms with van der Waals surface area (Å²) in [6.07, 6.45) is 0.997. The predicted octanol–water partition coefficient (Wildman–Crippen LogP) is 3.51. The SMILES string of the molecule is O=C1c2c(c(O)c3ccccc3c2O)C(=O)C12CCc1ccccc12. The Bertz CT molecular complexity index is 1050. The molecular weight excluding hydrogens is 316 g/mol. The molecule has 4 nitrogen and oxygen atoms in total. The van der Waals surface area contributed by atoms with Crippen LogP contribution in [0.4, 0.5) is 0 Å². The molecule has 2 aliphatic carbocycles. The Hall–Kier alpha value is -3.14. The molecule has 25 heavy (non-hydrogen) atoms. The molecule has 0 unspecified atom stereocenters. The van der Waals surface area contributed by atoms with E-state index in [1.165, 1.54) is 0 Å². The average molecular weight is 330 g/mol. The summed E-state index contributed by atoms with van der Waals surface area (Å²) < 4.78 is 0. The van der Waals surface area contributed by atoms with Gasteiger partial charge in [0.15, 0.2) is 11.6 Å². The van der Waals surface area contributed by atoms with Crippen molar-refractivity contribution in [3.8, 4) is 11.5 Å². The number of benzene rings is 3. The smallest absolute Gasteiger partial charge is 0.185 e. The van der Waals surface area contributed by atoms with Crippen LogP contribution in [0.2, 0.25) is 0 Å². The van der Waals surface area contributed by atoms with E-state index in [4.69, 9.17) is 0 Å². The zero-order valence-electron chi connectivity index (χ0n) is 13.2. The van der Waals surface area contributed by atoms with E-state index >= 15 is 0 Å². The molecule has 2 aliphatic rings. The van der Waals surface area contributed by atoms with Gasteiger partial charge in [0.05, 0.1) is 11.1 Å². The van der Waals surface area contributed by atoms with E-state index in [9.17, 15) is 19.8 Å². The molecule has 0 amide bonds. The minimum Gasteiger partial charge on any atom is -0.507 e. The molecule has 1 spiro atoms. The van der Waals surface area contributed by atoms with Crippen LogP contribution in [0.3, 0.4) is 0 Å². The lowest BCUT2D eigenvalue weighted by molar-refractivity contribution is 0.0793. The molecule has 0 atom stereocenters. The standard InChI is InChI=1S/C21H14O4/c22-17-12-6-2-3-7-13(12)18(23)16-15(17)19(24)21(20(16)25)10-9-11-5-1-4-8-14(11)21/h1-8,22-23H,9-10H2. The van der Waals surface area contributed by atoms with E-state index < -0.39 is 17.0 Å². The van der Waals surface area contributed by atoms with Crippen LogP contribution in [0.5, 0.6) is 11.5 Å². The fourth-order valence-corrected chi connectivity index (χ4v) is 4.46. The number of rotatable bonds is 0. The number of carbonyl (C=O) groups excluding carboxylic acids is 2. The zero-order chi connectivity index (χ0) is 17.3. The number of Topliss-reactive ketones (excluding diaryl/α,β-unsaturated/α-hetero) is 2. The molecule has 5 rings (SSSR count). The van der Waals surface area contributed by atoms with Crippen molar-refractivity contribution in [2.24, 2.45) is 0 Å². The van der Waals surface area contributed by atoms with Crippen molar-refractivity contribution in [2.45, 2.75) is 18.3 Å². The maximum absolute atomic E-state index is 13.3. The van der Waals surface area contributed by atoms with Gasteiger partial charge in [0.25, 0.3) is 0 Å². The molecule has 2 N–H and O–H groups in total. The first kappa shape index (κ1) is 14.2. The lowest BCUT2D eigenvalue weighted by atomic mass is 9.77. The highest BCUT2D eigenvalue weighted by Gasteiger charge is 2.59. The van der Waals surface area contributed by atoms with E-state index in [2.05, 4.69) is 0 Å². The molecule has 0 bridgehead atoms. The second-order valence-corrected chi connectivity index (χ2v) is 6.71. The largest absolute Gasteiger partial charge is 0.507 e. The Morgan fingerprint density at radius 2 is 1.28 bits per heavy atom. The number of hydrogen-bond acceptors (Lipinski definition) is 4. The second kappa shape index (κ2) is 4.48. The Balaban J connectivity index is 1.89. The summed E-state index contributed by atoms with van der Waals surface area (Å²) in [7, 11) is 0. The lowest BCUT2D eigenvalue weighted by Crippen LogP contribution is -2.35. The Kier molecular flexibility index (Phi) is 2.55. The molecule has 4 heteroatoms. The van der Waals surface area contributed by atoms with Crippen LogP contribution < -0.4 is 0 Å². The van der Waals surface area contributed by atoms with Crippen molar-refractivity contribution >= 4 is 22.3 Å². The predicted molar refractivity (Wildman–Crippen MR) is 92.4 cm³/mol. The first-order valence-electron chi connectivity index (χ1n) is 8.22. The monoisotopic (exact) mass is 330 g/mol. The number of aryl methyl sites for hydroxylation is 1. The molecule has 0 saturated heterocycles. The number of phenolic OH excluding ortho intramolecular Hbond substituents is 2. The van der Waals surface area contributed by atoms with Gasteiger partial charge >= 0.3 is 0 Å². The summed E-state index contributed by atoms with van der Waals surface area (Å²) in [6.45, 7) is 0. The number of ketones is 2. The third kappa shape index (κ3) is 1.48. The number of aromatic hydroxyl groups is 2. The van der Waals surface area contributed by atoms with Crippen LogP contribution >= 0.6 is 0 Å². The van der Waals surface area contributed by atoms with Crippen LogP contribution in [0.1, 0.15) is 38.3 Å². The van der Waals surface area contributed by atoms with Gasteiger partial charge in [0.1, 0.15) is 16.9 Å². The van der Waals surface area contributed by atoms with E-state index in [1.54, 1.807) is 30.3 Å². The van der Waals surface area contributed by atoms with Crippen molar-refractivity contribution < 1.29 is 19.8 Å². The molecule has 0 aliphatic heterocycles. The highest BCUT2D eigenvalue weighted by molar-refractivity contribution is 6.37. The maximum atomic E-state index is 13.3. The molecule has 3 aromatic carbocycles. The van der Waals surface area contributed by atoms with Crippen molar-refractivity contribution in [2.75, 3.05) is 0 Å². The molecule has 3 aromatic rings. The van der Waals surface area contributed by atoms with Gasteiger partial charge in [-0.2, -0.15) is 0 Å². The minimum absolute atomic E-state index is 0.0436. The van der Waals surface area contributed by atoms with Gasteiger partial charge in [0.2, 0.25) is 0 Å². The van der Waals surface area contributed by atoms with Crippen LogP contribution in [-0.2, 0) is 11.8 Å². The summed E-state index contributed by atoms with van der Waals surface area (Å²) >= 11 is 0. The fraction of sp³-hybridized carbons (Fsp3) is 0.143. The van der Waals surface area contributed by atoms with Gasteiger partial charge in [0, 0.05) is 10.8 Å². The first-order valence-corrected chi connectivity index (χ1v) is 8.22. The Labute approximate surface area is 143 Å². The van der Waals surface area contributed by atoms with E-state index in [0.29, 0.717) is 29.2 Å². The molecule has 0 aromatic heterocycles. The van der Waals surface area contributed by atoms with Crippen molar-refractivity contribution in [1.82, 2.24) is 0 Å². The van der Waals surface area contributed by atoms with Crippen LogP contribution in [0, 0.1) is 0 Å².